The van der Waals surface area contributed by atoms with Crippen LogP contribution in [0, 0.1) is 0 Å². The van der Waals surface area contributed by atoms with Gasteiger partial charge in [0.15, 0.2) is 0 Å². The Morgan fingerprint density at radius 3 is 2.59 bits per heavy atom. The zero-order chi connectivity index (χ0) is 20.4. The number of para-hydroxylation sites is 1. The van der Waals surface area contributed by atoms with Gasteiger partial charge < -0.3 is 4.74 Å². The Kier molecular flexibility index (Phi) is 5.01. The number of hydrogen-bond donors (Lipinski definition) is 0. The average Bonchev–Trinajstić information content (AvgIpc) is 2.99. The molecule has 0 radical (unpaired) electrons. The van der Waals surface area contributed by atoms with Gasteiger partial charge in [0.1, 0.15) is 11.4 Å². The van der Waals surface area contributed by atoms with Crippen molar-refractivity contribution < 1.29 is 9.53 Å². The second kappa shape index (κ2) is 7.76. The summed E-state index contributed by atoms with van der Waals surface area (Å²) in [4.78, 5) is 40.7. The van der Waals surface area contributed by atoms with E-state index in [1.165, 1.54) is 6.92 Å². The topological polar surface area (TPSA) is 90.6 Å². The molecule has 0 fully saturated rings. The molecule has 0 aliphatic heterocycles. The lowest BCUT2D eigenvalue weighted by Crippen LogP contribution is -2.28. The van der Waals surface area contributed by atoms with E-state index in [2.05, 4.69) is 10.1 Å². The maximum atomic E-state index is 12.8. The number of ether oxygens (including phenoxy) is 1. The lowest BCUT2D eigenvalue weighted by atomic mass is 10.1. The fraction of sp³-hybridized carbons (Fsp3) is 0.0952. The van der Waals surface area contributed by atoms with Crippen molar-refractivity contribution in [2.45, 2.75) is 13.3 Å². The molecule has 0 spiro atoms. The van der Waals surface area contributed by atoms with Crippen LogP contribution in [0.2, 0.25) is 0 Å². The highest BCUT2D eigenvalue weighted by Gasteiger charge is 2.12. The van der Waals surface area contributed by atoms with Gasteiger partial charge in [0.2, 0.25) is 4.96 Å². The molecule has 7 nitrogen and oxygen atoms in total. The molecule has 29 heavy (non-hydrogen) atoms. The Bertz CT molecular complexity index is 1380. The predicted molar refractivity (Wildman–Crippen MR) is 109 cm³/mol. The molecular weight excluding hydrogens is 390 g/mol. The molecule has 4 rings (SSSR count). The van der Waals surface area contributed by atoms with Gasteiger partial charge in [-0.1, -0.05) is 59.9 Å². The molecule has 0 amide bonds. The van der Waals surface area contributed by atoms with Gasteiger partial charge in [0, 0.05) is 18.9 Å². The number of nitrogens with zero attached hydrogens (tertiary/aromatic N) is 3. The van der Waals surface area contributed by atoms with Crippen LogP contribution in [0.4, 0.5) is 0 Å². The molecule has 0 bridgehead atoms. The van der Waals surface area contributed by atoms with Gasteiger partial charge in [0.25, 0.3) is 11.1 Å². The summed E-state index contributed by atoms with van der Waals surface area (Å²) in [5.74, 6) is -0.110. The van der Waals surface area contributed by atoms with E-state index in [0.29, 0.717) is 22.3 Å². The van der Waals surface area contributed by atoms with Crippen LogP contribution in [0.25, 0.3) is 11.0 Å². The number of fused-ring (bicyclic) bond motifs is 1. The van der Waals surface area contributed by atoms with Gasteiger partial charge in [-0.15, -0.1) is 0 Å². The molecule has 0 atom stereocenters. The maximum absolute atomic E-state index is 12.8. The highest BCUT2D eigenvalue weighted by atomic mass is 32.1. The third-order valence-corrected chi connectivity index (χ3v) is 5.08. The average molecular weight is 405 g/mol. The number of carbonyl (C=O) groups excluding carboxylic acids is 1. The number of thiazole rings is 1. The SMILES string of the molecule is CC(=O)Oc1ccccc1/C=c1/sc2nc(=O)c(Cc3ccccc3)nn2c1=O. The molecule has 0 N–H and O–H groups in total. The van der Waals surface area contributed by atoms with E-state index < -0.39 is 11.5 Å². The molecule has 2 heterocycles. The summed E-state index contributed by atoms with van der Waals surface area (Å²) in [6.45, 7) is 1.31. The van der Waals surface area contributed by atoms with E-state index in [1.807, 2.05) is 30.3 Å². The number of benzene rings is 2. The summed E-state index contributed by atoms with van der Waals surface area (Å²) in [6.07, 6.45) is 1.89. The van der Waals surface area contributed by atoms with E-state index in [4.69, 9.17) is 4.74 Å². The number of aromatic nitrogens is 3. The minimum atomic E-state index is -0.457. The van der Waals surface area contributed by atoms with Crippen LogP contribution < -0.4 is 20.4 Å². The molecule has 4 aromatic rings. The van der Waals surface area contributed by atoms with Gasteiger partial charge in [-0.25, -0.2) is 0 Å². The second-order valence-corrected chi connectivity index (χ2v) is 7.28. The molecule has 0 unspecified atom stereocenters. The molecule has 8 heteroatoms. The zero-order valence-electron chi connectivity index (χ0n) is 15.4. The van der Waals surface area contributed by atoms with Gasteiger partial charge in [-0.05, 0) is 17.7 Å². The molecule has 2 aromatic heterocycles. The summed E-state index contributed by atoms with van der Waals surface area (Å²) < 4.78 is 6.66. The van der Waals surface area contributed by atoms with Crippen LogP contribution in [0.15, 0.2) is 64.2 Å². The molecule has 0 saturated carbocycles. The van der Waals surface area contributed by atoms with Crippen molar-refractivity contribution in [1.82, 2.24) is 14.6 Å². The zero-order valence-corrected chi connectivity index (χ0v) is 16.2. The summed E-state index contributed by atoms with van der Waals surface area (Å²) in [5, 5.41) is 4.24. The highest BCUT2D eigenvalue weighted by Crippen LogP contribution is 2.18. The van der Waals surface area contributed by atoms with Crippen molar-refractivity contribution >= 4 is 28.3 Å². The Balaban J connectivity index is 1.81. The van der Waals surface area contributed by atoms with Crippen molar-refractivity contribution in [3.8, 4) is 5.75 Å². The first kappa shape index (κ1) is 18.7. The van der Waals surface area contributed by atoms with Gasteiger partial charge in [0.05, 0.1) is 4.53 Å². The quantitative estimate of drug-likeness (QED) is 0.378. The number of esters is 1. The molecular formula is C21H15N3O4S. The van der Waals surface area contributed by atoms with Crippen LogP contribution in [-0.2, 0) is 11.2 Å². The maximum Gasteiger partial charge on any atom is 0.308 e. The van der Waals surface area contributed by atoms with Crippen molar-refractivity contribution in [3.05, 3.63) is 96.7 Å². The van der Waals surface area contributed by atoms with Crippen molar-refractivity contribution in [1.29, 1.82) is 0 Å². The Morgan fingerprint density at radius 2 is 1.83 bits per heavy atom. The van der Waals surface area contributed by atoms with E-state index in [1.54, 1.807) is 30.3 Å². The first-order valence-electron chi connectivity index (χ1n) is 8.77. The Hall–Kier alpha value is -3.65. The summed E-state index contributed by atoms with van der Waals surface area (Å²) in [7, 11) is 0. The predicted octanol–water partition coefficient (Wildman–Crippen LogP) is 1.57. The monoisotopic (exact) mass is 405 g/mol. The van der Waals surface area contributed by atoms with Crippen LogP contribution in [0.1, 0.15) is 23.7 Å². The van der Waals surface area contributed by atoms with Crippen LogP contribution >= 0.6 is 11.3 Å². The minimum Gasteiger partial charge on any atom is -0.426 e. The van der Waals surface area contributed by atoms with Crippen LogP contribution in [0.3, 0.4) is 0 Å². The van der Waals surface area contributed by atoms with Crippen molar-refractivity contribution in [3.63, 3.8) is 0 Å². The largest absolute Gasteiger partial charge is 0.426 e. The molecule has 0 aliphatic rings. The van der Waals surface area contributed by atoms with Gasteiger partial charge >= 0.3 is 5.97 Å². The fourth-order valence-electron chi connectivity index (χ4n) is 2.83. The number of carbonyl (C=O) groups is 1. The minimum absolute atomic E-state index is 0.204. The van der Waals surface area contributed by atoms with E-state index in [0.717, 1.165) is 21.4 Å². The first-order valence-corrected chi connectivity index (χ1v) is 9.59. The smallest absolute Gasteiger partial charge is 0.308 e. The number of rotatable bonds is 4. The lowest BCUT2D eigenvalue weighted by Gasteiger charge is -2.03. The molecule has 0 saturated heterocycles. The highest BCUT2D eigenvalue weighted by molar-refractivity contribution is 7.15. The third kappa shape index (κ3) is 3.97. The normalized spacial score (nSPS) is 11.7. The molecule has 2 aromatic carbocycles. The fourth-order valence-corrected chi connectivity index (χ4v) is 3.73. The molecule has 0 aliphatic carbocycles. The van der Waals surface area contributed by atoms with Crippen LogP contribution in [-0.4, -0.2) is 20.6 Å². The molecule has 144 valence electrons. The van der Waals surface area contributed by atoms with Crippen LogP contribution in [0.5, 0.6) is 5.75 Å². The number of hydrogen-bond acceptors (Lipinski definition) is 7. The summed E-state index contributed by atoms with van der Waals surface area (Å²) >= 11 is 1.06. The Morgan fingerprint density at radius 1 is 1.10 bits per heavy atom. The van der Waals surface area contributed by atoms with Gasteiger partial charge in [-0.3, -0.25) is 14.4 Å². The van der Waals surface area contributed by atoms with Crippen molar-refractivity contribution in [2.24, 2.45) is 0 Å². The summed E-state index contributed by atoms with van der Waals surface area (Å²) in [6, 6.07) is 16.3. The second-order valence-electron chi connectivity index (χ2n) is 6.27. The van der Waals surface area contributed by atoms with Crippen molar-refractivity contribution in [2.75, 3.05) is 0 Å². The first-order chi connectivity index (χ1) is 14.0. The van der Waals surface area contributed by atoms with E-state index in [-0.39, 0.29) is 16.2 Å². The van der Waals surface area contributed by atoms with Gasteiger partial charge in [-0.2, -0.15) is 14.6 Å². The van der Waals surface area contributed by atoms with E-state index in [9.17, 15) is 14.4 Å². The third-order valence-electron chi connectivity index (χ3n) is 4.12. The lowest BCUT2D eigenvalue weighted by molar-refractivity contribution is -0.131. The van der Waals surface area contributed by atoms with E-state index >= 15 is 0 Å². The summed E-state index contributed by atoms with van der Waals surface area (Å²) in [5.41, 5.74) is 0.837. The Labute approximate surface area is 168 Å². The standard InChI is InChI=1S/C21H15N3O4S/c1-13(25)28-17-10-6-5-9-15(17)12-18-20(27)24-21(29-18)22-19(26)16(23-24)11-14-7-3-2-4-8-14/h2-10,12H,11H2,1H3/b18-12+.